The first-order valence-corrected chi connectivity index (χ1v) is 3.91. The number of rotatable bonds is 1. The predicted octanol–water partition coefficient (Wildman–Crippen LogP) is 2.75. The summed E-state index contributed by atoms with van der Waals surface area (Å²) in [5, 5.41) is 4.47. The van der Waals surface area contributed by atoms with Gasteiger partial charge in [0, 0.05) is 15.3 Å². The van der Waals surface area contributed by atoms with Gasteiger partial charge in [0.05, 0.1) is 0 Å². The van der Waals surface area contributed by atoms with Gasteiger partial charge in [0.2, 0.25) is 0 Å². The van der Waals surface area contributed by atoms with E-state index in [9.17, 15) is 9.70 Å². The minimum Gasteiger partial charge on any atom is -0.304 e. The fourth-order valence-electron chi connectivity index (χ4n) is 0.680. The third-order valence-electron chi connectivity index (χ3n) is 1.18. The zero-order chi connectivity index (χ0) is 8.97. The monoisotopic (exact) mass is 228 g/mol. The summed E-state index contributed by atoms with van der Waals surface area (Å²) in [5.41, 5.74) is 0.544. The molecule has 1 N–H and O–H groups in total. The molecule has 1 rings (SSSR count). The van der Waals surface area contributed by atoms with E-state index in [0.717, 1.165) is 4.47 Å². The summed E-state index contributed by atoms with van der Waals surface area (Å²) in [6.07, 6.45) is 0. The van der Waals surface area contributed by atoms with Crippen molar-refractivity contribution in [1.82, 2.24) is 0 Å². The van der Waals surface area contributed by atoms with E-state index in [1.54, 1.807) is 24.3 Å². The van der Waals surface area contributed by atoms with Crippen molar-refractivity contribution in [1.29, 1.82) is 0 Å². The Balaban J connectivity index is 2.71. The largest absolute Gasteiger partial charge is 0.383 e. The van der Waals surface area contributed by atoms with E-state index in [1.807, 2.05) is 0 Å². The van der Waals surface area contributed by atoms with Gasteiger partial charge in [0.25, 0.3) is 0 Å². The minimum absolute atomic E-state index is 0.544. The molecule has 5 heteroatoms. The van der Waals surface area contributed by atoms with Crippen LogP contribution in [0, 0.1) is 4.91 Å². The minimum atomic E-state index is -0.891. The van der Waals surface area contributed by atoms with Gasteiger partial charge in [-0.3, -0.25) is 0 Å². The van der Waals surface area contributed by atoms with Crippen molar-refractivity contribution < 1.29 is 4.79 Å². The van der Waals surface area contributed by atoms with Gasteiger partial charge in [0.15, 0.2) is 0 Å². The van der Waals surface area contributed by atoms with E-state index in [0.29, 0.717) is 5.69 Å². The van der Waals surface area contributed by atoms with Gasteiger partial charge < -0.3 is 5.32 Å². The number of anilines is 1. The van der Waals surface area contributed by atoms with E-state index < -0.39 is 6.03 Å². The van der Waals surface area contributed by atoms with Crippen LogP contribution in [0.25, 0.3) is 0 Å². The molecule has 0 saturated heterocycles. The Morgan fingerprint density at radius 3 is 2.42 bits per heavy atom. The number of benzene rings is 1. The molecule has 62 valence electrons. The maximum absolute atomic E-state index is 10.5. The summed E-state index contributed by atoms with van der Waals surface area (Å²) < 4.78 is 0.902. The van der Waals surface area contributed by atoms with Crippen LogP contribution in [0.4, 0.5) is 10.5 Å². The number of nitroso groups, excluding NO2 is 1. The zero-order valence-electron chi connectivity index (χ0n) is 5.95. The molecule has 1 aromatic rings. The van der Waals surface area contributed by atoms with Crippen molar-refractivity contribution in [3.63, 3.8) is 0 Å². The quantitative estimate of drug-likeness (QED) is 0.752. The van der Waals surface area contributed by atoms with E-state index in [1.165, 1.54) is 0 Å². The van der Waals surface area contributed by atoms with Crippen molar-refractivity contribution in [2.75, 3.05) is 5.32 Å². The van der Waals surface area contributed by atoms with E-state index in [4.69, 9.17) is 0 Å². The molecule has 0 saturated carbocycles. The van der Waals surface area contributed by atoms with Gasteiger partial charge in [-0.25, -0.2) is 4.79 Å². The number of carbonyl (C=O) groups is 1. The summed E-state index contributed by atoms with van der Waals surface area (Å²) in [6.45, 7) is 0. The maximum Gasteiger partial charge on any atom is 0.383 e. The first-order chi connectivity index (χ1) is 5.72. The molecular formula is C7H5BrN2O2. The highest BCUT2D eigenvalue weighted by Crippen LogP contribution is 2.13. The normalized spacial score (nSPS) is 9.08. The summed E-state index contributed by atoms with van der Waals surface area (Å²) >= 11 is 3.23. The van der Waals surface area contributed by atoms with Crippen molar-refractivity contribution in [2.45, 2.75) is 0 Å². The first-order valence-electron chi connectivity index (χ1n) is 3.12. The second-order valence-electron chi connectivity index (χ2n) is 2.03. The molecule has 0 spiro atoms. The summed E-state index contributed by atoms with van der Waals surface area (Å²) in [4.78, 5) is 20.2. The fourth-order valence-corrected chi connectivity index (χ4v) is 0.944. The molecule has 4 nitrogen and oxygen atoms in total. The third-order valence-corrected chi connectivity index (χ3v) is 1.71. The first kappa shape index (κ1) is 8.86. The van der Waals surface area contributed by atoms with E-state index in [-0.39, 0.29) is 0 Å². The van der Waals surface area contributed by atoms with E-state index >= 15 is 0 Å². The number of hydrogen-bond acceptors (Lipinski definition) is 2. The lowest BCUT2D eigenvalue weighted by atomic mass is 10.3. The van der Waals surface area contributed by atoms with Crippen molar-refractivity contribution >= 4 is 27.6 Å². The molecule has 0 atom stereocenters. The average Bonchev–Trinajstić information content (AvgIpc) is 2.09. The summed E-state index contributed by atoms with van der Waals surface area (Å²) in [5.74, 6) is 0. The van der Waals surface area contributed by atoms with E-state index in [2.05, 4.69) is 26.4 Å². The molecule has 0 aliphatic heterocycles. The Morgan fingerprint density at radius 1 is 1.33 bits per heavy atom. The molecule has 1 aromatic carbocycles. The van der Waals surface area contributed by atoms with Crippen LogP contribution in [0.1, 0.15) is 0 Å². The number of halogens is 1. The smallest absolute Gasteiger partial charge is 0.304 e. The second kappa shape index (κ2) is 3.96. The van der Waals surface area contributed by atoms with Crippen LogP contribution < -0.4 is 5.32 Å². The van der Waals surface area contributed by atoms with Crippen LogP contribution in [0.3, 0.4) is 0 Å². The van der Waals surface area contributed by atoms with Crippen molar-refractivity contribution in [2.24, 2.45) is 5.18 Å². The lowest BCUT2D eigenvalue weighted by molar-refractivity contribution is 0.259. The molecule has 0 fully saturated rings. The lowest BCUT2D eigenvalue weighted by Gasteiger charge is -1.98. The number of carbonyl (C=O) groups excluding carboxylic acids is 1. The second-order valence-corrected chi connectivity index (χ2v) is 2.94. The molecule has 2 amide bonds. The predicted molar refractivity (Wildman–Crippen MR) is 49.0 cm³/mol. The summed E-state index contributed by atoms with van der Waals surface area (Å²) in [6, 6.07) is 5.93. The number of hydrogen-bond donors (Lipinski definition) is 1. The molecular weight excluding hydrogens is 224 g/mol. The van der Waals surface area contributed by atoms with Crippen LogP contribution in [0.5, 0.6) is 0 Å². The topological polar surface area (TPSA) is 58.5 Å². The molecule has 0 bridgehead atoms. The van der Waals surface area contributed by atoms with Gasteiger partial charge >= 0.3 is 6.03 Å². The number of amides is 2. The Bertz CT molecular complexity index is 297. The maximum atomic E-state index is 10.5. The molecule has 0 aliphatic carbocycles. The van der Waals surface area contributed by atoms with Crippen LogP contribution in [-0.4, -0.2) is 6.03 Å². The zero-order valence-corrected chi connectivity index (χ0v) is 7.54. The lowest BCUT2D eigenvalue weighted by Crippen LogP contribution is -2.04. The van der Waals surface area contributed by atoms with Crippen LogP contribution in [-0.2, 0) is 0 Å². The fraction of sp³-hybridized carbons (Fsp3) is 0. The highest BCUT2D eigenvalue weighted by molar-refractivity contribution is 9.10. The highest BCUT2D eigenvalue weighted by Gasteiger charge is 1.98. The Labute approximate surface area is 77.1 Å². The van der Waals surface area contributed by atoms with Gasteiger partial charge in [-0.05, 0) is 24.3 Å². The molecule has 0 unspecified atom stereocenters. The average molecular weight is 229 g/mol. The summed E-state index contributed by atoms with van der Waals surface area (Å²) in [7, 11) is 0. The molecule has 0 aliphatic rings. The van der Waals surface area contributed by atoms with Gasteiger partial charge in [-0.1, -0.05) is 15.9 Å². The molecule has 0 radical (unpaired) electrons. The molecule has 12 heavy (non-hydrogen) atoms. The van der Waals surface area contributed by atoms with Crippen LogP contribution in [0.15, 0.2) is 33.9 Å². The number of nitrogens with zero attached hydrogens (tertiary/aromatic N) is 1. The Hall–Kier alpha value is -1.23. The van der Waals surface area contributed by atoms with Gasteiger partial charge in [-0.15, -0.1) is 4.91 Å². The van der Waals surface area contributed by atoms with Gasteiger partial charge in [-0.2, -0.15) is 0 Å². The molecule has 0 aromatic heterocycles. The van der Waals surface area contributed by atoms with Crippen LogP contribution >= 0.6 is 15.9 Å². The third kappa shape index (κ3) is 2.43. The SMILES string of the molecule is O=NC(=O)Nc1ccc(Br)cc1. The number of urea groups is 1. The standard InChI is InChI=1S/C7H5BrN2O2/c8-5-1-3-6(4-2-5)9-7(11)10-12/h1-4H,(H,9,11). The molecule has 0 heterocycles. The van der Waals surface area contributed by atoms with Gasteiger partial charge in [0.1, 0.15) is 0 Å². The Morgan fingerprint density at radius 2 is 1.92 bits per heavy atom. The van der Waals surface area contributed by atoms with Crippen molar-refractivity contribution in [3.8, 4) is 0 Å². The van der Waals surface area contributed by atoms with Crippen molar-refractivity contribution in [3.05, 3.63) is 33.6 Å². The highest BCUT2D eigenvalue weighted by atomic mass is 79.9. The number of nitrogens with one attached hydrogen (secondary N) is 1. The van der Waals surface area contributed by atoms with Crippen LogP contribution in [0.2, 0.25) is 0 Å². The Kier molecular flexibility index (Phi) is 2.93.